The molecule has 0 aromatic heterocycles. The Hall–Kier alpha value is -4.00. The van der Waals surface area contributed by atoms with E-state index >= 15 is 0 Å². The van der Waals surface area contributed by atoms with Crippen LogP contribution in [0, 0.1) is 6.92 Å². The minimum absolute atomic E-state index is 0.0363. The maximum absolute atomic E-state index is 13.1. The van der Waals surface area contributed by atoms with Gasteiger partial charge in [0.2, 0.25) is 0 Å². The first-order valence-electron chi connectivity index (χ1n) is 11.8. The van der Waals surface area contributed by atoms with Crippen LogP contribution in [0.1, 0.15) is 21.5 Å². The summed E-state index contributed by atoms with van der Waals surface area (Å²) in [4.78, 5) is 31.5. The number of piperazine rings is 1. The highest BCUT2D eigenvalue weighted by atomic mass is 16.5. The number of fused-ring (bicyclic) bond motifs is 1. The molecule has 0 unspecified atom stereocenters. The van der Waals surface area contributed by atoms with E-state index in [1.807, 2.05) is 78.6 Å². The van der Waals surface area contributed by atoms with Crippen molar-refractivity contribution in [3.63, 3.8) is 0 Å². The Labute approximate surface area is 205 Å². The zero-order valence-electron chi connectivity index (χ0n) is 20.1. The van der Waals surface area contributed by atoms with Crippen LogP contribution in [0.15, 0.2) is 66.7 Å². The molecule has 0 spiro atoms. The van der Waals surface area contributed by atoms with Gasteiger partial charge in [0.05, 0.1) is 19.3 Å². The molecule has 2 heterocycles. The van der Waals surface area contributed by atoms with Crippen LogP contribution in [0.5, 0.6) is 11.5 Å². The fourth-order valence-corrected chi connectivity index (χ4v) is 4.56. The Morgan fingerprint density at radius 2 is 1.66 bits per heavy atom. The number of anilines is 2. The van der Waals surface area contributed by atoms with Gasteiger partial charge in [-0.25, -0.2) is 0 Å². The van der Waals surface area contributed by atoms with E-state index < -0.39 is 0 Å². The lowest BCUT2D eigenvalue weighted by atomic mass is 10.1. The zero-order chi connectivity index (χ0) is 24.4. The molecular formula is C28H29N3O4. The van der Waals surface area contributed by atoms with Gasteiger partial charge in [0.1, 0.15) is 11.5 Å². The van der Waals surface area contributed by atoms with Gasteiger partial charge in [-0.1, -0.05) is 18.2 Å². The van der Waals surface area contributed by atoms with Gasteiger partial charge in [0, 0.05) is 37.4 Å². The van der Waals surface area contributed by atoms with Crippen molar-refractivity contribution >= 4 is 23.2 Å². The number of aryl methyl sites for hydroxylation is 1. The Morgan fingerprint density at radius 3 is 2.34 bits per heavy atom. The molecular weight excluding hydrogens is 442 g/mol. The Kier molecular flexibility index (Phi) is 6.31. The molecule has 2 aliphatic heterocycles. The molecule has 0 radical (unpaired) electrons. The summed E-state index contributed by atoms with van der Waals surface area (Å²) in [6.45, 7) is 5.39. The topological polar surface area (TPSA) is 62.3 Å². The van der Waals surface area contributed by atoms with Crippen molar-refractivity contribution in [3.8, 4) is 11.5 Å². The summed E-state index contributed by atoms with van der Waals surface area (Å²) in [7, 11) is 1.66. The number of methoxy groups -OCH3 is 1. The molecule has 3 aromatic rings. The van der Waals surface area contributed by atoms with E-state index in [1.54, 1.807) is 12.0 Å². The number of benzene rings is 3. The number of ether oxygens (including phenoxy) is 2. The zero-order valence-corrected chi connectivity index (χ0v) is 20.1. The Bertz CT molecular complexity index is 1220. The van der Waals surface area contributed by atoms with Gasteiger partial charge in [0.25, 0.3) is 11.8 Å². The van der Waals surface area contributed by atoms with Gasteiger partial charge >= 0.3 is 0 Å². The third-order valence-electron chi connectivity index (χ3n) is 6.60. The molecule has 0 bridgehead atoms. The first-order valence-corrected chi connectivity index (χ1v) is 11.8. The maximum Gasteiger partial charge on any atom is 0.265 e. The number of hydrogen-bond donors (Lipinski definition) is 0. The third kappa shape index (κ3) is 4.80. The summed E-state index contributed by atoms with van der Waals surface area (Å²) < 4.78 is 10.8. The minimum Gasteiger partial charge on any atom is -0.497 e. The minimum atomic E-state index is -0.0729. The molecule has 2 amide bonds. The number of amides is 2. The van der Waals surface area contributed by atoms with Gasteiger partial charge in [-0.3, -0.25) is 9.59 Å². The molecule has 0 N–H and O–H groups in total. The second kappa shape index (κ2) is 9.70. The summed E-state index contributed by atoms with van der Waals surface area (Å²) in [5.41, 5.74) is 4.63. The van der Waals surface area contributed by atoms with Gasteiger partial charge in [-0.05, 0) is 66.6 Å². The molecule has 3 aromatic carbocycles. The molecule has 180 valence electrons. The Balaban J connectivity index is 1.21. The highest BCUT2D eigenvalue weighted by Gasteiger charge is 2.26. The molecule has 35 heavy (non-hydrogen) atoms. The second-order valence-electron chi connectivity index (χ2n) is 8.91. The third-order valence-corrected chi connectivity index (χ3v) is 6.60. The molecule has 2 aliphatic rings. The first kappa shape index (κ1) is 22.8. The fourth-order valence-electron chi connectivity index (χ4n) is 4.56. The smallest absolute Gasteiger partial charge is 0.265 e. The van der Waals surface area contributed by atoms with Crippen LogP contribution in [0.25, 0.3) is 0 Å². The van der Waals surface area contributed by atoms with E-state index in [0.717, 1.165) is 47.1 Å². The largest absolute Gasteiger partial charge is 0.497 e. The summed E-state index contributed by atoms with van der Waals surface area (Å²) in [5.74, 6) is 1.53. The normalized spacial score (nSPS) is 15.5. The van der Waals surface area contributed by atoms with Crippen LogP contribution in [0.2, 0.25) is 0 Å². The van der Waals surface area contributed by atoms with Crippen LogP contribution in [0.3, 0.4) is 0 Å². The monoisotopic (exact) mass is 471 g/mol. The van der Waals surface area contributed by atoms with E-state index in [1.165, 1.54) is 0 Å². The quantitative estimate of drug-likeness (QED) is 0.565. The number of nitrogens with zero attached hydrogens (tertiary/aromatic N) is 3. The van der Waals surface area contributed by atoms with Crippen molar-refractivity contribution in [2.45, 2.75) is 13.5 Å². The number of hydrogen-bond acceptors (Lipinski definition) is 5. The van der Waals surface area contributed by atoms with Gasteiger partial charge in [-0.15, -0.1) is 0 Å². The SMILES string of the molecule is COc1ccc(N2CCN(C(=O)c3ccc(CN4C(=O)COc5cc(C)ccc54)cc3)CC2)cc1. The predicted molar refractivity (Wildman–Crippen MR) is 135 cm³/mol. The number of carbonyl (C=O) groups is 2. The molecule has 0 atom stereocenters. The molecule has 7 heteroatoms. The van der Waals surface area contributed by atoms with Crippen LogP contribution in [-0.4, -0.2) is 56.6 Å². The van der Waals surface area contributed by atoms with Crippen molar-refractivity contribution in [1.29, 1.82) is 0 Å². The van der Waals surface area contributed by atoms with Gasteiger partial charge in [-0.2, -0.15) is 0 Å². The Morgan fingerprint density at radius 1 is 0.943 bits per heavy atom. The number of carbonyl (C=O) groups excluding carboxylic acids is 2. The molecule has 5 rings (SSSR count). The lowest BCUT2D eigenvalue weighted by Gasteiger charge is -2.36. The lowest BCUT2D eigenvalue weighted by molar-refractivity contribution is -0.121. The average molecular weight is 472 g/mol. The van der Waals surface area contributed by atoms with Gasteiger partial charge in [0.15, 0.2) is 6.61 Å². The van der Waals surface area contributed by atoms with Crippen molar-refractivity contribution in [3.05, 3.63) is 83.4 Å². The van der Waals surface area contributed by atoms with Crippen LogP contribution >= 0.6 is 0 Å². The van der Waals surface area contributed by atoms with E-state index in [9.17, 15) is 9.59 Å². The summed E-state index contributed by atoms with van der Waals surface area (Å²) in [5, 5.41) is 0. The van der Waals surface area contributed by atoms with Crippen LogP contribution in [-0.2, 0) is 11.3 Å². The first-order chi connectivity index (χ1) is 17.0. The lowest BCUT2D eigenvalue weighted by Crippen LogP contribution is -2.48. The van der Waals surface area contributed by atoms with Crippen molar-refractivity contribution in [1.82, 2.24) is 4.90 Å². The van der Waals surface area contributed by atoms with Crippen molar-refractivity contribution in [2.24, 2.45) is 0 Å². The van der Waals surface area contributed by atoms with Crippen LogP contribution in [0.4, 0.5) is 11.4 Å². The maximum atomic E-state index is 13.1. The summed E-state index contributed by atoms with van der Waals surface area (Å²) in [6.07, 6.45) is 0. The predicted octanol–water partition coefficient (Wildman–Crippen LogP) is 3.89. The van der Waals surface area contributed by atoms with E-state index in [4.69, 9.17) is 9.47 Å². The molecule has 7 nitrogen and oxygen atoms in total. The van der Waals surface area contributed by atoms with Crippen molar-refractivity contribution in [2.75, 3.05) is 49.7 Å². The second-order valence-corrected chi connectivity index (χ2v) is 8.91. The van der Waals surface area contributed by atoms with E-state index in [-0.39, 0.29) is 18.4 Å². The van der Waals surface area contributed by atoms with Crippen LogP contribution < -0.4 is 19.3 Å². The van der Waals surface area contributed by atoms with E-state index in [0.29, 0.717) is 25.2 Å². The molecule has 1 fully saturated rings. The number of rotatable bonds is 5. The van der Waals surface area contributed by atoms with Gasteiger partial charge < -0.3 is 24.2 Å². The average Bonchev–Trinajstić information content (AvgIpc) is 2.90. The summed E-state index contributed by atoms with van der Waals surface area (Å²) >= 11 is 0. The summed E-state index contributed by atoms with van der Waals surface area (Å²) in [6, 6.07) is 21.4. The highest BCUT2D eigenvalue weighted by Crippen LogP contribution is 2.34. The molecule has 0 saturated carbocycles. The molecule has 1 saturated heterocycles. The molecule has 0 aliphatic carbocycles. The van der Waals surface area contributed by atoms with E-state index in [2.05, 4.69) is 4.90 Å². The standard InChI is InChI=1S/C28H29N3O4/c1-20-3-12-25-26(17-20)35-19-27(32)31(25)18-21-4-6-22(7-5-21)28(33)30-15-13-29(14-16-30)23-8-10-24(34-2)11-9-23/h3-12,17H,13-16,18-19H2,1-2H3. The highest BCUT2D eigenvalue weighted by molar-refractivity contribution is 5.98. The fraction of sp³-hybridized carbons (Fsp3) is 0.286. The van der Waals surface area contributed by atoms with Crippen molar-refractivity contribution < 1.29 is 19.1 Å².